The van der Waals surface area contributed by atoms with Crippen LogP contribution in [0.1, 0.15) is 91.6 Å². The van der Waals surface area contributed by atoms with Gasteiger partial charge in [0.25, 0.3) is 11.8 Å². The minimum absolute atomic E-state index is 0.0000692. The van der Waals surface area contributed by atoms with Gasteiger partial charge in [-0.05, 0) is 212 Å². The van der Waals surface area contributed by atoms with E-state index < -0.39 is 17.1 Å². The number of aryl methyl sites for hydroxylation is 4. The molecule has 688 valence electrons. The van der Waals surface area contributed by atoms with Crippen molar-refractivity contribution in [1.29, 1.82) is 0 Å². The number of carbonyl (C=O) groups excluding carboxylic acids is 8. The fourth-order valence-electron chi connectivity index (χ4n) is 14.7. The Bertz CT molecular complexity index is 6650. The van der Waals surface area contributed by atoms with Crippen molar-refractivity contribution in [2.45, 2.75) is 106 Å². The number of esters is 1. The normalized spacial score (nSPS) is 13.5. The number of ether oxygens (including phenoxy) is 2. The van der Waals surface area contributed by atoms with E-state index in [2.05, 4.69) is 60.7 Å². The van der Waals surface area contributed by atoms with Crippen molar-refractivity contribution >= 4 is 109 Å². The summed E-state index contributed by atoms with van der Waals surface area (Å²) in [6.45, 7) is 19.2. The van der Waals surface area contributed by atoms with E-state index in [0.717, 1.165) is 77.3 Å². The lowest BCUT2D eigenvalue weighted by atomic mass is 10.1. The molecule has 14 aromatic rings. The number of amides is 9. The Hall–Kier alpha value is -16.2. The Morgan fingerprint density at radius 3 is 1.09 bits per heavy atom. The molecule has 36 nitrogen and oxygen atoms in total. The van der Waals surface area contributed by atoms with Gasteiger partial charge in [0.2, 0.25) is 12.0 Å². The first kappa shape index (κ1) is 95.9. The second-order valence-corrected chi connectivity index (χ2v) is 34.0. The second-order valence-electron chi connectivity index (χ2n) is 34.0. The zero-order chi connectivity index (χ0) is 96.2. The molecule has 3 saturated heterocycles. The molecule has 0 bridgehead atoms. The van der Waals surface area contributed by atoms with Crippen LogP contribution in [-0.4, -0.2) is 245 Å². The van der Waals surface area contributed by atoms with Gasteiger partial charge in [0, 0.05) is 93.5 Å². The van der Waals surface area contributed by atoms with Crippen molar-refractivity contribution in [2.24, 2.45) is 4.99 Å². The van der Waals surface area contributed by atoms with Gasteiger partial charge in [0.1, 0.15) is 114 Å². The predicted molar refractivity (Wildman–Crippen MR) is 503 cm³/mol. The van der Waals surface area contributed by atoms with Crippen LogP contribution in [0.15, 0.2) is 205 Å². The number of phenols is 4. The van der Waals surface area contributed by atoms with Crippen LogP contribution in [0.2, 0.25) is 0 Å². The number of aromatic nitrogens is 12. The first-order valence-corrected chi connectivity index (χ1v) is 42.2. The fourth-order valence-corrected chi connectivity index (χ4v) is 14.7. The molecule has 9 amide bonds. The molecule has 0 radical (unpaired) electrons. The molecule has 5 N–H and O–H groups in total. The van der Waals surface area contributed by atoms with Crippen LogP contribution in [0.4, 0.5) is 25.8 Å². The van der Waals surface area contributed by atoms with E-state index >= 15 is 0 Å². The van der Waals surface area contributed by atoms with E-state index in [1.54, 1.807) is 43.5 Å². The van der Waals surface area contributed by atoms with Gasteiger partial charge in [-0.25, -0.2) is 24.2 Å². The maximum absolute atomic E-state index is 13.7. The van der Waals surface area contributed by atoms with Crippen LogP contribution in [0.25, 0.3) is 73.0 Å². The molecule has 4 aromatic heterocycles. The van der Waals surface area contributed by atoms with Crippen LogP contribution < -0.4 is 19.9 Å². The molecule has 36 heteroatoms. The summed E-state index contributed by atoms with van der Waals surface area (Å²) in [6, 6.07) is 58.8. The standard InChI is InChI=1S/C30H32N6O3.C21H23N5O3.C18H17N5O3.C17H18N4O3.C9H13NO.C2H3NO/c1-19-15-21(27(37)25(16-19)36-31-23-9-7-8-10-24(23)32-36)18-34-26(28(38)35(29(34)39)30(2,3)4)17-20-11-13-22(14-12-20)33(5)6;1-13-9-14(11-24-12-18(27)25(20(24)29)21(2,3)4)19(28)17(10-13)26-22-15-7-5-6-8-16(15)23-26;1-11-7-12(9-22-10-16(24)21(2)18(22)26)17(25)15(8-11)23-19-13-5-3-4-6-14(13)20-23;1-11-7-12(9-18-10-16(22)24-2)17(23)15(8-11)21-19-13-5-3-4-6-14(13)20-21;1-10(2)8-4-6-9(11-3)7-5-8;1-3-2-4/h7-17,37H,18H2,1-6H3;5-10,28H,11-12H2,1-4H3;3-8,25H,9-10H2,1-2H3;3-8,18,23H,9-10H2,1-2H3;4-7H,1-3H3;1H3/b26-17+;;;;;. The van der Waals surface area contributed by atoms with Gasteiger partial charge in [-0.1, -0.05) is 84.9 Å². The number of hydrogen-bond acceptors (Lipinski definition) is 26. The van der Waals surface area contributed by atoms with E-state index in [1.165, 1.54) is 76.7 Å². The summed E-state index contributed by atoms with van der Waals surface area (Å²) in [5.41, 5.74) is 15.3. The summed E-state index contributed by atoms with van der Waals surface area (Å²) in [5.74, 6) is -0.328. The van der Waals surface area contributed by atoms with Gasteiger partial charge in [0.15, 0.2) is 0 Å². The lowest BCUT2D eigenvalue weighted by molar-refractivity contribution is -0.139. The number of aromatic hydroxyl groups is 4. The summed E-state index contributed by atoms with van der Waals surface area (Å²) >= 11 is 0. The number of anilines is 2. The minimum Gasteiger partial charge on any atom is -0.505 e. The monoisotopic (exact) mass is 1800 g/mol. The average Bonchev–Trinajstić information content (AvgIpc) is 1.61. The highest BCUT2D eigenvalue weighted by molar-refractivity contribution is 6.14. The molecule has 0 saturated carbocycles. The minimum atomic E-state index is -0.727. The lowest BCUT2D eigenvalue weighted by Crippen LogP contribution is -2.46. The number of imide groups is 3. The Morgan fingerprint density at radius 1 is 0.459 bits per heavy atom. The molecule has 0 unspecified atom stereocenters. The zero-order valence-electron chi connectivity index (χ0n) is 77.3. The SMILES string of the molecule is CN=C=O.COC(=O)CNCc1cc(C)cc(-n2nc3ccccc3n2)c1O.COc1ccc(N(C)C)cc1.Cc1cc(CN2C(=O)N(C(C)(C)C)C(=O)/C2=C\c2ccc(N(C)C)cc2)c(O)c(-n2nc3ccccc3n2)c1.Cc1cc(CN2CC(=O)N(C(C)(C)C)C2=O)c(O)c(-n2nc3ccccc3n2)c1.Cc1cc(CN2CC(=O)N(C)C2=O)c(O)c(-n2nc3ccccc3n2)c1. The quantitative estimate of drug-likeness (QED) is 0.0175. The third-order valence-electron chi connectivity index (χ3n) is 21.3. The number of isocyanates is 1. The number of benzene rings is 10. The van der Waals surface area contributed by atoms with Gasteiger partial charge < -0.3 is 54.8 Å². The van der Waals surface area contributed by atoms with E-state index in [9.17, 15) is 54.0 Å². The number of carbonyl (C=O) groups is 7. The predicted octanol–water partition coefficient (Wildman–Crippen LogP) is 13.3. The van der Waals surface area contributed by atoms with Gasteiger partial charge in [0.05, 0.1) is 40.4 Å². The molecule has 0 atom stereocenters. The van der Waals surface area contributed by atoms with Crippen molar-refractivity contribution in [2.75, 3.05) is 85.9 Å². The number of aliphatic imine (C=N–C) groups is 1. The molecule has 7 heterocycles. The smallest absolute Gasteiger partial charge is 0.332 e. The van der Waals surface area contributed by atoms with Crippen molar-refractivity contribution in [3.8, 4) is 51.5 Å². The van der Waals surface area contributed by atoms with Crippen molar-refractivity contribution in [1.82, 2.24) is 94.7 Å². The number of fused-ring (bicyclic) bond motifs is 4. The topological polar surface area (TPSA) is 409 Å². The van der Waals surface area contributed by atoms with E-state index in [0.29, 0.717) is 62.6 Å². The van der Waals surface area contributed by atoms with Crippen LogP contribution in [-0.2, 0) is 54.9 Å². The average molecular weight is 1800 g/mol. The molecule has 10 aromatic carbocycles. The molecule has 3 fully saturated rings. The fraction of sp³-hybridized carbons (Fsp3) is 0.278. The third-order valence-corrected chi connectivity index (χ3v) is 21.3. The summed E-state index contributed by atoms with van der Waals surface area (Å²) in [7, 11) is 13.8. The molecule has 0 spiro atoms. The molecular weight excluding hydrogens is 1700 g/mol. The Balaban J connectivity index is 0.000000154. The maximum atomic E-state index is 13.7. The summed E-state index contributed by atoms with van der Waals surface area (Å²) in [5, 5.41) is 81.9. The number of rotatable bonds is 18. The van der Waals surface area contributed by atoms with Crippen molar-refractivity contribution in [3.63, 3.8) is 0 Å². The van der Waals surface area contributed by atoms with Crippen LogP contribution >= 0.6 is 0 Å². The number of hydrogen-bond donors (Lipinski definition) is 5. The molecule has 3 aliphatic rings. The van der Waals surface area contributed by atoms with Crippen LogP contribution in [0.3, 0.4) is 0 Å². The van der Waals surface area contributed by atoms with Gasteiger partial charge in [-0.15, -0.1) is 60.0 Å². The summed E-state index contributed by atoms with van der Waals surface area (Å²) in [4.78, 5) is 117. The van der Waals surface area contributed by atoms with Gasteiger partial charge in [-0.3, -0.25) is 38.8 Å². The van der Waals surface area contributed by atoms with Gasteiger partial charge in [-0.2, -0.15) is 0 Å². The highest BCUT2D eigenvalue weighted by atomic mass is 16.5. The Kier molecular flexibility index (Phi) is 29.6. The first-order chi connectivity index (χ1) is 63.2. The largest absolute Gasteiger partial charge is 0.505 e. The molecule has 3 aliphatic heterocycles. The first-order valence-electron chi connectivity index (χ1n) is 42.2. The lowest BCUT2D eigenvalue weighted by Gasteiger charge is -2.29. The maximum Gasteiger partial charge on any atom is 0.332 e. The molecule has 0 aliphatic carbocycles. The number of nitrogens with zero attached hydrogens (tertiary/aromatic N) is 21. The third kappa shape index (κ3) is 22.4. The van der Waals surface area contributed by atoms with Crippen molar-refractivity contribution < 1.29 is 68.3 Å². The molecular formula is C97H106N22O14. The second kappa shape index (κ2) is 41.0. The Morgan fingerprint density at radius 2 is 0.782 bits per heavy atom. The molecule has 17 rings (SSSR count). The van der Waals surface area contributed by atoms with Crippen molar-refractivity contribution in [3.05, 3.63) is 250 Å². The number of methoxy groups -OCH3 is 2. The van der Waals surface area contributed by atoms with Gasteiger partial charge >= 0.3 is 24.1 Å². The Labute approximate surface area is 767 Å². The van der Waals surface area contributed by atoms with E-state index in [1.807, 2.05) is 266 Å². The highest BCUT2D eigenvalue weighted by Crippen LogP contribution is 2.38. The molecule has 133 heavy (non-hydrogen) atoms. The zero-order valence-corrected chi connectivity index (χ0v) is 77.3. The number of nitrogens with one attached hydrogen (secondary N) is 1. The summed E-state index contributed by atoms with van der Waals surface area (Å²) < 4.78 is 9.61. The van der Waals surface area contributed by atoms with E-state index in [4.69, 9.17) is 9.53 Å². The highest BCUT2D eigenvalue weighted by Gasteiger charge is 2.47. The van der Waals surface area contributed by atoms with Crippen LogP contribution in [0, 0.1) is 27.7 Å². The number of likely N-dealkylation sites (N-methyl/N-ethyl adjacent to an activating group) is 1. The summed E-state index contributed by atoms with van der Waals surface area (Å²) in [6.07, 6.45) is 3.03. The van der Waals surface area contributed by atoms with E-state index in [-0.39, 0.29) is 104 Å². The number of urea groups is 3. The van der Waals surface area contributed by atoms with Crippen LogP contribution in [0.5, 0.6) is 28.7 Å². The number of phenolic OH excluding ortho intramolecular Hbond substituents is 4.